The van der Waals surface area contributed by atoms with E-state index in [4.69, 9.17) is 4.55 Å². The van der Waals surface area contributed by atoms with Crippen LogP contribution in [-0.4, -0.2) is 35.7 Å². The van der Waals surface area contributed by atoms with Crippen molar-refractivity contribution in [3.63, 3.8) is 0 Å². The van der Waals surface area contributed by atoms with Crippen LogP contribution in [0.25, 0.3) is 0 Å². The Bertz CT molecular complexity index is 275. The summed E-state index contributed by atoms with van der Waals surface area (Å²) in [6, 6.07) is 0. The zero-order chi connectivity index (χ0) is 12.2. The predicted octanol–water partition coefficient (Wildman–Crippen LogP) is 0.0680. The molecule has 94 valence electrons. The van der Waals surface area contributed by atoms with Crippen molar-refractivity contribution >= 4 is 18.0 Å². The van der Waals surface area contributed by atoms with Crippen molar-refractivity contribution in [3.8, 4) is 0 Å². The summed E-state index contributed by atoms with van der Waals surface area (Å²) in [7, 11) is -3.96. The van der Waals surface area contributed by atoms with Crippen molar-refractivity contribution in [1.29, 1.82) is 0 Å². The quantitative estimate of drug-likeness (QED) is 0.418. The van der Waals surface area contributed by atoms with Crippen LogP contribution in [0.2, 0.25) is 0 Å². The van der Waals surface area contributed by atoms with Gasteiger partial charge in [-0.1, -0.05) is 42.5 Å². The van der Waals surface area contributed by atoms with Crippen LogP contribution in [0.4, 0.5) is 0 Å². The van der Waals surface area contributed by atoms with Gasteiger partial charge in [-0.2, -0.15) is 8.42 Å². The minimum absolute atomic E-state index is 0. The van der Waals surface area contributed by atoms with Gasteiger partial charge in [0.15, 0.2) is 0 Å². The van der Waals surface area contributed by atoms with E-state index in [9.17, 15) is 8.42 Å². The van der Waals surface area contributed by atoms with Crippen molar-refractivity contribution in [2.45, 2.75) is 58.0 Å². The van der Waals surface area contributed by atoms with Gasteiger partial charge in [-0.25, -0.2) is 0 Å². The molecule has 0 saturated carbocycles. The maximum absolute atomic E-state index is 10.7. The van der Waals surface area contributed by atoms with Gasteiger partial charge in [-0.05, 0) is 23.4 Å². The monoisotopic (exact) mass is 262 g/mol. The van der Waals surface area contributed by atoms with Gasteiger partial charge in [0.2, 0.25) is 0 Å². The zero-order valence-electron chi connectivity index (χ0n) is 12.3. The summed E-state index contributed by atoms with van der Waals surface area (Å²) in [6.45, 7) is 10.9. The smallest absolute Gasteiger partial charge is 1.00 e. The Morgan fingerprint density at radius 1 is 1.12 bits per heavy atom. The van der Waals surface area contributed by atoms with Gasteiger partial charge in [-0.3, -0.25) is 4.55 Å². The molecule has 0 aliphatic heterocycles. The summed E-state index contributed by atoms with van der Waals surface area (Å²) in [4.78, 5) is 0. The van der Waals surface area contributed by atoms with E-state index in [2.05, 4.69) is 34.6 Å². The first-order valence-electron chi connectivity index (χ1n) is 5.37. The second kappa shape index (κ2) is 8.11. The molecule has 16 heavy (non-hydrogen) atoms. The first-order valence-corrected chi connectivity index (χ1v) is 8.53. The average molecular weight is 262 g/mol. The van der Waals surface area contributed by atoms with Crippen molar-refractivity contribution in [3.05, 3.63) is 0 Å². The average Bonchev–Trinajstić information content (AvgIpc) is 1.97. The summed E-state index contributed by atoms with van der Waals surface area (Å²) in [5.74, 6) is -0.105. The van der Waals surface area contributed by atoms with Crippen LogP contribution in [0.3, 0.4) is 0 Å². The Morgan fingerprint density at radius 3 is 1.75 bits per heavy atom. The fraction of sp³-hybridized carbons (Fsp3) is 1.00. The van der Waals surface area contributed by atoms with Crippen molar-refractivity contribution in [1.82, 2.24) is 0 Å². The third kappa shape index (κ3) is 8.09. The third-order valence-electron chi connectivity index (χ3n) is 2.50. The molecule has 0 amide bonds. The van der Waals surface area contributed by atoms with Gasteiger partial charge in [0.05, 0.1) is 5.75 Å². The molecular formula is C10H24LiO3PS. The van der Waals surface area contributed by atoms with Crippen LogP contribution in [0.5, 0.6) is 0 Å². The van der Waals surface area contributed by atoms with E-state index in [0.29, 0.717) is 23.4 Å². The van der Waals surface area contributed by atoms with Gasteiger partial charge in [0.1, 0.15) is 0 Å². The molecule has 0 heterocycles. The second-order valence-electron chi connectivity index (χ2n) is 4.56. The first kappa shape index (κ1) is 19.3. The molecule has 0 aromatic carbocycles. The largest absolute Gasteiger partial charge is 1.00 e. The zero-order valence-corrected chi connectivity index (χ0v) is 13.0. The Kier molecular flexibility index (Phi) is 9.78. The van der Waals surface area contributed by atoms with Gasteiger partial charge < -0.3 is 1.43 Å². The van der Waals surface area contributed by atoms with E-state index in [1.165, 1.54) is 0 Å². The van der Waals surface area contributed by atoms with Crippen LogP contribution >= 0.6 is 7.92 Å². The van der Waals surface area contributed by atoms with E-state index < -0.39 is 10.1 Å². The van der Waals surface area contributed by atoms with Crippen molar-refractivity contribution in [2.75, 3.05) is 5.75 Å². The Balaban J connectivity index is -0.000000980. The molecule has 1 atom stereocenters. The molecular weight excluding hydrogens is 238 g/mol. The molecule has 0 radical (unpaired) electrons. The standard InChI is InChI=1S/C10H23O3PS.Li.H/c1-8(2)14(9(3)4)10(5)6-7-15(11,12)13;;/h8-10H,6-7H2,1-5H3,(H,11,12,13);;/q;+1;-1. The summed E-state index contributed by atoms with van der Waals surface area (Å²) >= 11 is 0. The molecule has 0 aromatic rings. The van der Waals surface area contributed by atoms with E-state index in [1.54, 1.807) is 0 Å². The molecule has 1 N–H and O–H groups in total. The number of hydrogen-bond donors (Lipinski definition) is 1. The van der Waals surface area contributed by atoms with Crippen molar-refractivity contribution < 1.29 is 33.3 Å². The van der Waals surface area contributed by atoms with Crippen LogP contribution in [0.1, 0.15) is 42.5 Å². The molecule has 1 unspecified atom stereocenters. The van der Waals surface area contributed by atoms with E-state index in [1.807, 2.05) is 0 Å². The van der Waals surface area contributed by atoms with Crippen LogP contribution < -0.4 is 18.9 Å². The molecule has 3 nitrogen and oxygen atoms in total. The summed E-state index contributed by atoms with van der Waals surface area (Å²) in [5.41, 5.74) is 1.61. The summed E-state index contributed by atoms with van der Waals surface area (Å²) in [6.07, 6.45) is 0.570. The van der Waals surface area contributed by atoms with Crippen LogP contribution in [0.15, 0.2) is 0 Å². The Labute approximate surface area is 115 Å². The third-order valence-corrected chi connectivity index (χ3v) is 6.91. The predicted molar refractivity (Wildman–Crippen MR) is 68.8 cm³/mol. The van der Waals surface area contributed by atoms with Crippen LogP contribution in [-0.2, 0) is 10.1 Å². The SMILES string of the molecule is CC(C)P(C(C)C)C(C)CCS(=O)(=O)O.[H-].[Li+]. The van der Waals surface area contributed by atoms with Gasteiger partial charge >= 0.3 is 18.9 Å². The fourth-order valence-electron chi connectivity index (χ4n) is 2.08. The Morgan fingerprint density at radius 2 is 1.50 bits per heavy atom. The van der Waals surface area contributed by atoms with Crippen LogP contribution in [0, 0.1) is 0 Å². The van der Waals surface area contributed by atoms with E-state index >= 15 is 0 Å². The molecule has 0 spiro atoms. The topological polar surface area (TPSA) is 54.4 Å². The maximum Gasteiger partial charge on any atom is 1.00 e. The van der Waals surface area contributed by atoms with Gasteiger partial charge in [-0.15, -0.1) is 0 Å². The molecule has 6 heteroatoms. The molecule has 0 aliphatic carbocycles. The first-order chi connectivity index (χ1) is 6.65. The normalized spacial score (nSPS) is 14.3. The molecule has 0 aliphatic rings. The number of hydrogen-bond acceptors (Lipinski definition) is 2. The minimum Gasteiger partial charge on any atom is -1.00 e. The Hall–Kier alpha value is 0.937. The molecule has 0 rings (SSSR count). The molecule has 0 fully saturated rings. The minimum atomic E-state index is -3.79. The van der Waals surface area contributed by atoms with E-state index in [-0.39, 0.29) is 34.0 Å². The van der Waals surface area contributed by atoms with Crippen molar-refractivity contribution in [2.24, 2.45) is 0 Å². The molecule has 0 aromatic heterocycles. The fourth-order valence-corrected chi connectivity index (χ4v) is 6.56. The van der Waals surface area contributed by atoms with Gasteiger partial charge in [0, 0.05) is 0 Å². The maximum atomic E-state index is 10.7. The molecule has 0 bridgehead atoms. The van der Waals surface area contributed by atoms with E-state index in [0.717, 1.165) is 0 Å². The summed E-state index contributed by atoms with van der Waals surface area (Å²) in [5, 5.41) is 0. The molecule has 0 saturated heterocycles. The number of rotatable bonds is 6. The second-order valence-corrected chi connectivity index (χ2v) is 9.97. The van der Waals surface area contributed by atoms with Gasteiger partial charge in [0.25, 0.3) is 10.1 Å². The summed E-state index contributed by atoms with van der Waals surface area (Å²) < 4.78 is 30.0.